The van der Waals surface area contributed by atoms with Gasteiger partial charge in [-0.05, 0) is 59.3 Å². The Morgan fingerprint density at radius 1 is 1.27 bits per heavy atom. The number of benzene rings is 1. The van der Waals surface area contributed by atoms with Gasteiger partial charge in [0.15, 0.2) is 15.6 Å². The van der Waals surface area contributed by atoms with Gasteiger partial charge in [-0.25, -0.2) is 4.79 Å². The largest absolute Gasteiger partial charge is 0.462 e. The molecule has 10 heteroatoms. The van der Waals surface area contributed by atoms with Crippen LogP contribution in [0.15, 0.2) is 63.3 Å². The first-order valence-electron chi connectivity index (χ1n) is 9.01. The molecule has 0 unspecified atom stereocenters. The van der Waals surface area contributed by atoms with Crippen LogP contribution in [-0.4, -0.2) is 39.0 Å². The molecule has 0 aliphatic heterocycles. The molecule has 1 aromatic carbocycles. The van der Waals surface area contributed by atoms with E-state index in [2.05, 4.69) is 38.0 Å². The van der Waals surface area contributed by atoms with Crippen molar-refractivity contribution in [1.82, 2.24) is 14.8 Å². The van der Waals surface area contributed by atoms with Crippen molar-refractivity contribution in [3.63, 3.8) is 0 Å². The first-order chi connectivity index (χ1) is 14.5. The minimum absolute atomic E-state index is 0.136. The number of hydrogen-bond donors (Lipinski definition) is 1. The molecule has 0 radical (unpaired) electrons. The predicted molar refractivity (Wildman–Crippen MR) is 117 cm³/mol. The zero-order chi connectivity index (χ0) is 21.5. The molecule has 0 aliphatic rings. The molecule has 3 rings (SSSR count). The summed E-state index contributed by atoms with van der Waals surface area (Å²) in [6.07, 6.45) is 1.72. The van der Waals surface area contributed by atoms with Gasteiger partial charge < -0.3 is 14.5 Å². The fraction of sp³-hybridized carbons (Fsp3) is 0.200. The van der Waals surface area contributed by atoms with Gasteiger partial charge in [0.2, 0.25) is 11.7 Å². The molecule has 1 amide bonds. The maximum absolute atomic E-state index is 12.3. The fourth-order valence-corrected chi connectivity index (χ4v) is 3.59. The molecule has 0 atom stereocenters. The lowest BCUT2D eigenvalue weighted by Crippen LogP contribution is -2.15. The van der Waals surface area contributed by atoms with E-state index < -0.39 is 5.97 Å². The van der Waals surface area contributed by atoms with Crippen LogP contribution in [0, 0.1) is 0 Å². The Morgan fingerprint density at radius 2 is 2.03 bits per heavy atom. The van der Waals surface area contributed by atoms with E-state index >= 15 is 0 Å². The standard InChI is InChI=1S/C20H19BrN4O4S/c1-3-11-25-18(15-9-10-16(21)29-15)23-24-20(25)30-12-17(26)22-14-7-5-13(6-8-14)19(27)28-4-2/h3,5-10H,1,4,11-12H2,2H3,(H,22,26). The highest BCUT2D eigenvalue weighted by atomic mass is 79.9. The van der Waals surface area contributed by atoms with E-state index in [-0.39, 0.29) is 11.7 Å². The van der Waals surface area contributed by atoms with Gasteiger partial charge in [0, 0.05) is 12.2 Å². The molecular weight excluding hydrogens is 472 g/mol. The zero-order valence-electron chi connectivity index (χ0n) is 16.1. The third-order valence-corrected chi connectivity index (χ3v) is 5.23. The Bertz CT molecular complexity index is 1050. The molecule has 1 N–H and O–H groups in total. The molecule has 0 spiro atoms. The first-order valence-corrected chi connectivity index (χ1v) is 10.8. The highest BCUT2D eigenvalue weighted by molar-refractivity contribution is 9.10. The van der Waals surface area contributed by atoms with Gasteiger partial charge in [0.1, 0.15) is 0 Å². The molecule has 0 saturated carbocycles. The van der Waals surface area contributed by atoms with E-state index in [0.717, 1.165) is 0 Å². The molecule has 8 nitrogen and oxygen atoms in total. The maximum atomic E-state index is 12.3. The fourth-order valence-electron chi connectivity index (χ4n) is 2.54. The first kappa shape index (κ1) is 21.8. The summed E-state index contributed by atoms with van der Waals surface area (Å²) >= 11 is 4.53. The van der Waals surface area contributed by atoms with Crippen LogP contribution in [0.25, 0.3) is 11.6 Å². The van der Waals surface area contributed by atoms with Crippen molar-refractivity contribution in [3.8, 4) is 11.6 Å². The number of aromatic nitrogens is 3. The second kappa shape index (κ2) is 10.3. The number of thioether (sulfide) groups is 1. The van der Waals surface area contributed by atoms with Crippen molar-refractivity contribution in [3.05, 3.63) is 59.3 Å². The molecule has 2 aromatic heterocycles. The molecule has 0 bridgehead atoms. The van der Waals surface area contributed by atoms with Crippen LogP contribution in [-0.2, 0) is 16.1 Å². The molecule has 156 valence electrons. The van der Waals surface area contributed by atoms with Crippen LogP contribution in [0.2, 0.25) is 0 Å². The summed E-state index contributed by atoms with van der Waals surface area (Å²) < 4.78 is 12.9. The molecular formula is C20H19BrN4O4S. The van der Waals surface area contributed by atoms with Gasteiger partial charge in [0.05, 0.1) is 17.9 Å². The number of halogens is 1. The summed E-state index contributed by atoms with van der Waals surface area (Å²) in [5.41, 5.74) is 1.01. The monoisotopic (exact) mass is 490 g/mol. The summed E-state index contributed by atoms with van der Waals surface area (Å²) in [4.78, 5) is 24.0. The molecule has 0 saturated heterocycles. The predicted octanol–water partition coefficient (Wildman–Crippen LogP) is 4.39. The number of nitrogens with zero attached hydrogens (tertiary/aromatic N) is 3. The zero-order valence-corrected chi connectivity index (χ0v) is 18.5. The summed E-state index contributed by atoms with van der Waals surface area (Å²) in [6, 6.07) is 10.1. The number of esters is 1. The van der Waals surface area contributed by atoms with Gasteiger partial charge in [0.25, 0.3) is 0 Å². The molecule has 0 fully saturated rings. The minimum Gasteiger partial charge on any atom is -0.462 e. The Morgan fingerprint density at radius 3 is 2.67 bits per heavy atom. The van der Waals surface area contributed by atoms with Crippen LogP contribution in [0.1, 0.15) is 17.3 Å². The Kier molecular flexibility index (Phi) is 7.47. The number of amides is 1. The Balaban J connectivity index is 1.62. The van der Waals surface area contributed by atoms with E-state index in [1.165, 1.54) is 11.8 Å². The normalized spacial score (nSPS) is 10.6. The number of anilines is 1. The van der Waals surface area contributed by atoms with E-state index in [0.29, 0.717) is 45.8 Å². The van der Waals surface area contributed by atoms with E-state index in [1.807, 2.05) is 4.57 Å². The molecule has 30 heavy (non-hydrogen) atoms. The van der Waals surface area contributed by atoms with E-state index in [9.17, 15) is 9.59 Å². The van der Waals surface area contributed by atoms with Crippen LogP contribution in [0.5, 0.6) is 0 Å². The van der Waals surface area contributed by atoms with Gasteiger partial charge in [-0.1, -0.05) is 17.8 Å². The number of furan rings is 1. The lowest BCUT2D eigenvalue weighted by molar-refractivity contribution is -0.113. The van der Waals surface area contributed by atoms with Crippen molar-refractivity contribution in [2.45, 2.75) is 18.6 Å². The summed E-state index contributed by atoms with van der Waals surface area (Å²) in [5.74, 6) is 0.648. The molecule has 3 aromatic rings. The van der Waals surface area contributed by atoms with E-state index in [4.69, 9.17) is 9.15 Å². The van der Waals surface area contributed by atoms with Crippen molar-refractivity contribution >= 4 is 45.3 Å². The third kappa shape index (κ3) is 5.39. The highest BCUT2D eigenvalue weighted by Crippen LogP contribution is 2.27. The number of ether oxygens (including phenoxy) is 1. The Labute approximate surface area is 185 Å². The molecule has 2 heterocycles. The van der Waals surface area contributed by atoms with Gasteiger partial charge in [-0.3, -0.25) is 9.36 Å². The van der Waals surface area contributed by atoms with Crippen LogP contribution in [0.4, 0.5) is 5.69 Å². The van der Waals surface area contributed by atoms with Gasteiger partial charge in [-0.2, -0.15) is 0 Å². The number of hydrogen-bond acceptors (Lipinski definition) is 7. The van der Waals surface area contributed by atoms with Gasteiger partial charge >= 0.3 is 5.97 Å². The van der Waals surface area contributed by atoms with Crippen molar-refractivity contribution < 1.29 is 18.7 Å². The number of rotatable bonds is 9. The number of carbonyl (C=O) groups excluding carboxylic acids is 2. The van der Waals surface area contributed by atoms with E-state index in [1.54, 1.807) is 49.4 Å². The minimum atomic E-state index is -0.396. The lowest BCUT2D eigenvalue weighted by Gasteiger charge is -2.08. The molecule has 0 aliphatic carbocycles. The average Bonchev–Trinajstić information content (AvgIpc) is 3.33. The van der Waals surface area contributed by atoms with Crippen molar-refractivity contribution in [2.24, 2.45) is 0 Å². The third-order valence-electron chi connectivity index (χ3n) is 3.83. The number of nitrogens with one attached hydrogen (secondary N) is 1. The highest BCUT2D eigenvalue weighted by Gasteiger charge is 2.17. The summed E-state index contributed by atoms with van der Waals surface area (Å²) in [6.45, 7) is 6.29. The summed E-state index contributed by atoms with van der Waals surface area (Å²) in [7, 11) is 0. The second-order valence-electron chi connectivity index (χ2n) is 5.94. The van der Waals surface area contributed by atoms with Crippen molar-refractivity contribution in [1.29, 1.82) is 0 Å². The SMILES string of the molecule is C=CCn1c(SCC(=O)Nc2ccc(C(=O)OCC)cc2)nnc1-c1ccc(Br)o1. The smallest absolute Gasteiger partial charge is 0.338 e. The number of carbonyl (C=O) groups is 2. The summed E-state index contributed by atoms with van der Waals surface area (Å²) in [5, 5.41) is 11.7. The topological polar surface area (TPSA) is 99.2 Å². The Hall–Kier alpha value is -2.85. The average molecular weight is 491 g/mol. The van der Waals surface area contributed by atoms with Crippen LogP contribution < -0.4 is 5.32 Å². The number of allylic oxidation sites excluding steroid dienone is 1. The van der Waals surface area contributed by atoms with Gasteiger partial charge in [-0.15, -0.1) is 16.8 Å². The quantitative estimate of drug-likeness (QED) is 0.269. The second-order valence-corrected chi connectivity index (χ2v) is 7.67. The lowest BCUT2D eigenvalue weighted by atomic mass is 10.2. The van der Waals surface area contributed by atoms with Crippen LogP contribution in [0.3, 0.4) is 0 Å². The van der Waals surface area contributed by atoms with Crippen LogP contribution >= 0.6 is 27.7 Å². The van der Waals surface area contributed by atoms with Crippen molar-refractivity contribution in [2.75, 3.05) is 17.7 Å². The maximum Gasteiger partial charge on any atom is 0.338 e.